The number of rotatable bonds is 10. The molecule has 0 saturated heterocycles. The number of guanidine groups is 1. The second-order valence-electron chi connectivity index (χ2n) is 5.95. The SMILES string of the molecule is C=CCCCN(C)C(=NCCCCn1c(C)cccc1=O)NCC.I. The van der Waals surface area contributed by atoms with Crippen LogP contribution in [0.3, 0.4) is 0 Å². The molecule has 0 saturated carbocycles. The van der Waals surface area contributed by atoms with Crippen LogP contribution in [0.25, 0.3) is 0 Å². The van der Waals surface area contributed by atoms with Gasteiger partial charge >= 0.3 is 0 Å². The molecule has 0 aromatic carbocycles. The van der Waals surface area contributed by atoms with Crippen molar-refractivity contribution in [3.63, 3.8) is 0 Å². The van der Waals surface area contributed by atoms with Crippen molar-refractivity contribution in [3.8, 4) is 0 Å². The zero-order valence-electron chi connectivity index (χ0n) is 15.8. The lowest BCUT2D eigenvalue weighted by Crippen LogP contribution is -2.39. The molecule has 0 amide bonds. The molecule has 5 nitrogen and oxygen atoms in total. The van der Waals surface area contributed by atoms with Gasteiger partial charge in [0.2, 0.25) is 0 Å². The summed E-state index contributed by atoms with van der Waals surface area (Å²) in [5, 5.41) is 3.33. The van der Waals surface area contributed by atoms with Gasteiger partial charge in [-0.25, -0.2) is 0 Å². The van der Waals surface area contributed by atoms with Crippen LogP contribution in [-0.4, -0.2) is 42.1 Å². The Balaban J connectivity index is 0.00000576. The summed E-state index contributed by atoms with van der Waals surface area (Å²) in [5.74, 6) is 0.953. The Kier molecular flexibility index (Phi) is 13.2. The molecule has 1 rings (SSSR count). The van der Waals surface area contributed by atoms with Crippen molar-refractivity contribution in [1.82, 2.24) is 14.8 Å². The molecule has 0 radical (unpaired) electrons. The van der Waals surface area contributed by atoms with Gasteiger partial charge in [-0.2, -0.15) is 0 Å². The van der Waals surface area contributed by atoms with Crippen LogP contribution < -0.4 is 10.9 Å². The molecule has 0 aliphatic carbocycles. The number of nitrogens with one attached hydrogen (secondary N) is 1. The standard InChI is InChI=1S/C19H32N4O.HI/c1-5-7-9-15-22(4)19(20-6-2)21-14-8-10-16-23-17(3)12-11-13-18(23)24;/h5,11-13H,1,6-10,14-16H2,2-4H3,(H,20,21);1H. The number of allylic oxidation sites excluding steroid dienone is 1. The van der Waals surface area contributed by atoms with Gasteiger partial charge in [0.1, 0.15) is 0 Å². The Morgan fingerprint density at radius 3 is 2.76 bits per heavy atom. The van der Waals surface area contributed by atoms with Gasteiger partial charge < -0.3 is 14.8 Å². The fraction of sp³-hybridized carbons (Fsp3) is 0.579. The van der Waals surface area contributed by atoms with Crippen molar-refractivity contribution >= 4 is 29.9 Å². The molecule has 1 aromatic rings. The summed E-state index contributed by atoms with van der Waals surface area (Å²) in [7, 11) is 2.07. The van der Waals surface area contributed by atoms with E-state index in [9.17, 15) is 4.79 Å². The quantitative estimate of drug-likeness (QED) is 0.191. The summed E-state index contributed by atoms with van der Waals surface area (Å²) in [6, 6.07) is 5.40. The van der Waals surface area contributed by atoms with E-state index in [1.165, 1.54) is 0 Å². The number of unbranched alkanes of at least 4 members (excludes halogenated alkanes) is 2. The van der Waals surface area contributed by atoms with E-state index in [-0.39, 0.29) is 29.5 Å². The molecule has 0 spiro atoms. The monoisotopic (exact) mass is 460 g/mol. The highest BCUT2D eigenvalue weighted by atomic mass is 127. The Labute approximate surface area is 169 Å². The molecular weight excluding hydrogens is 427 g/mol. The molecule has 142 valence electrons. The average Bonchev–Trinajstić information content (AvgIpc) is 2.56. The first-order valence-electron chi connectivity index (χ1n) is 8.87. The Hall–Kier alpha value is -1.31. The third-order valence-electron chi connectivity index (χ3n) is 3.92. The van der Waals surface area contributed by atoms with Crippen molar-refractivity contribution in [2.75, 3.05) is 26.7 Å². The van der Waals surface area contributed by atoms with E-state index in [2.05, 4.69) is 35.8 Å². The first kappa shape index (κ1) is 23.7. The summed E-state index contributed by atoms with van der Waals surface area (Å²) in [4.78, 5) is 18.7. The van der Waals surface area contributed by atoms with Gasteiger partial charge in [-0.3, -0.25) is 9.79 Å². The minimum Gasteiger partial charge on any atom is -0.357 e. The topological polar surface area (TPSA) is 49.6 Å². The van der Waals surface area contributed by atoms with Gasteiger partial charge in [0.25, 0.3) is 5.56 Å². The number of nitrogens with zero attached hydrogens (tertiary/aromatic N) is 3. The number of hydrogen-bond acceptors (Lipinski definition) is 2. The largest absolute Gasteiger partial charge is 0.357 e. The summed E-state index contributed by atoms with van der Waals surface area (Å²) in [6.45, 7) is 11.2. The van der Waals surface area contributed by atoms with Crippen LogP contribution in [-0.2, 0) is 6.54 Å². The van der Waals surface area contributed by atoms with E-state index < -0.39 is 0 Å². The van der Waals surface area contributed by atoms with Gasteiger partial charge in [-0.15, -0.1) is 30.6 Å². The minimum absolute atomic E-state index is 0. The Morgan fingerprint density at radius 1 is 1.36 bits per heavy atom. The van der Waals surface area contributed by atoms with E-state index in [0.717, 1.165) is 63.5 Å². The van der Waals surface area contributed by atoms with E-state index in [0.29, 0.717) is 0 Å². The number of aliphatic imine (C=N–C) groups is 1. The molecule has 0 aliphatic heterocycles. The fourth-order valence-corrected chi connectivity index (χ4v) is 2.53. The average molecular weight is 460 g/mol. The van der Waals surface area contributed by atoms with Gasteiger partial charge in [0.15, 0.2) is 5.96 Å². The lowest BCUT2D eigenvalue weighted by Gasteiger charge is -2.21. The lowest BCUT2D eigenvalue weighted by atomic mass is 10.3. The molecule has 1 aromatic heterocycles. The summed E-state index contributed by atoms with van der Waals surface area (Å²) < 4.78 is 1.83. The van der Waals surface area contributed by atoms with Crippen LogP contribution >= 0.6 is 24.0 Å². The van der Waals surface area contributed by atoms with Crippen LogP contribution in [0.15, 0.2) is 40.6 Å². The zero-order chi connectivity index (χ0) is 17.8. The molecule has 0 bridgehead atoms. The van der Waals surface area contributed by atoms with Gasteiger partial charge in [-0.05, 0) is 45.6 Å². The second kappa shape index (κ2) is 13.9. The highest BCUT2D eigenvalue weighted by Crippen LogP contribution is 2.00. The number of hydrogen-bond donors (Lipinski definition) is 1. The van der Waals surface area contributed by atoms with Crippen molar-refractivity contribution < 1.29 is 0 Å². The molecule has 1 N–H and O–H groups in total. The number of pyridine rings is 1. The highest BCUT2D eigenvalue weighted by Gasteiger charge is 2.04. The molecule has 0 atom stereocenters. The summed E-state index contributed by atoms with van der Waals surface area (Å²) in [6.07, 6.45) is 5.98. The van der Waals surface area contributed by atoms with E-state index in [1.54, 1.807) is 6.07 Å². The summed E-state index contributed by atoms with van der Waals surface area (Å²) >= 11 is 0. The molecule has 0 unspecified atom stereocenters. The van der Waals surface area contributed by atoms with Crippen molar-refractivity contribution in [1.29, 1.82) is 0 Å². The normalized spacial score (nSPS) is 10.9. The van der Waals surface area contributed by atoms with E-state index in [4.69, 9.17) is 0 Å². The van der Waals surface area contributed by atoms with Crippen LogP contribution in [0.2, 0.25) is 0 Å². The van der Waals surface area contributed by atoms with Crippen LogP contribution in [0.4, 0.5) is 0 Å². The maximum atomic E-state index is 11.8. The molecule has 0 aliphatic rings. The number of aromatic nitrogens is 1. The molecule has 0 fully saturated rings. The molecule has 1 heterocycles. The van der Waals surface area contributed by atoms with Crippen LogP contribution in [0.5, 0.6) is 0 Å². The number of aryl methyl sites for hydroxylation is 1. The molecular formula is C19H33IN4O. The van der Waals surface area contributed by atoms with Crippen molar-refractivity contribution in [3.05, 3.63) is 46.9 Å². The zero-order valence-corrected chi connectivity index (χ0v) is 18.2. The molecule has 25 heavy (non-hydrogen) atoms. The predicted octanol–water partition coefficient (Wildman–Crippen LogP) is 3.42. The van der Waals surface area contributed by atoms with Crippen molar-refractivity contribution in [2.24, 2.45) is 4.99 Å². The van der Waals surface area contributed by atoms with E-state index in [1.807, 2.05) is 29.7 Å². The molecule has 6 heteroatoms. The minimum atomic E-state index is 0. The third-order valence-corrected chi connectivity index (χ3v) is 3.92. The first-order chi connectivity index (χ1) is 11.6. The fourth-order valence-electron chi connectivity index (χ4n) is 2.53. The Morgan fingerprint density at radius 2 is 2.12 bits per heavy atom. The van der Waals surface area contributed by atoms with Gasteiger partial charge in [-0.1, -0.05) is 12.1 Å². The maximum absolute atomic E-state index is 11.8. The van der Waals surface area contributed by atoms with Crippen molar-refractivity contribution in [2.45, 2.75) is 46.1 Å². The van der Waals surface area contributed by atoms with E-state index >= 15 is 0 Å². The number of halogens is 1. The smallest absolute Gasteiger partial charge is 0.250 e. The Bertz CT molecular complexity index is 583. The van der Waals surface area contributed by atoms with Crippen LogP contribution in [0.1, 0.15) is 38.3 Å². The van der Waals surface area contributed by atoms with Gasteiger partial charge in [0.05, 0.1) is 0 Å². The summed E-state index contributed by atoms with van der Waals surface area (Å²) in [5.41, 5.74) is 1.09. The first-order valence-corrected chi connectivity index (χ1v) is 8.87. The van der Waals surface area contributed by atoms with Gasteiger partial charge in [0, 0.05) is 45.0 Å². The predicted molar refractivity (Wildman–Crippen MR) is 118 cm³/mol. The highest BCUT2D eigenvalue weighted by molar-refractivity contribution is 14.0. The maximum Gasteiger partial charge on any atom is 0.250 e. The lowest BCUT2D eigenvalue weighted by molar-refractivity contribution is 0.469. The van der Waals surface area contributed by atoms with Crippen LogP contribution in [0, 0.1) is 6.92 Å². The second-order valence-corrected chi connectivity index (χ2v) is 5.95. The third kappa shape index (κ3) is 9.09.